The smallest absolute Gasteiger partial charge is 0.293 e. The molecule has 1 fully saturated rings. The van der Waals surface area contributed by atoms with E-state index in [0.717, 1.165) is 22.2 Å². The van der Waals surface area contributed by atoms with Crippen LogP contribution < -0.4 is 10.6 Å². The molecule has 0 unspecified atom stereocenters. The molecule has 4 amide bonds. The van der Waals surface area contributed by atoms with Crippen LogP contribution in [0.2, 0.25) is 10.0 Å². The largest absolute Gasteiger partial charge is 0.353 e. The fourth-order valence-electron chi connectivity index (χ4n) is 2.79. The fourth-order valence-corrected chi connectivity index (χ4v) is 4.11. The predicted octanol–water partition coefficient (Wildman–Crippen LogP) is 3.88. The third-order valence-corrected chi connectivity index (χ3v) is 5.97. The highest BCUT2D eigenvalue weighted by Crippen LogP contribution is 2.33. The van der Waals surface area contributed by atoms with Gasteiger partial charge in [0.1, 0.15) is 0 Å². The minimum absolute atomic E-state index is 0.00794. The Labute approximate surface area is 199 Å². The number of benzene rings is 2. The third-order valence-electron chi connectivity index (χ3n) is 4.50. The number of hydrogen-bond donors (Lipinski definition) is 2. The summed E-state index contributed by atoms with van der Waals surface area (Å²) in [4.78, 5) is 50.1. The molecular formula is C22H19Cl2N3O4S. The second-order valence-corrected chi connectivity index (χ2v) is 8.73. The summed E-state index contributed by atoms with van der Waals surface area (Å²) >= 11 is 12.8. The van der Waals surface area contributed by atoms with Crippen molar-refractivity contribution in [3.05, 3.63) is 74.1 Å². The lowest BCUT2D eigenvalue weighted by Crippen LogP contribution is -2.41. The van der Waals surface area contributed by atoms with Crippen LogP contribution in [0.1, 0.15) is 21.5 Å². The van der Waals surface area contributed by atoms with Crippen molar-refractivity contribution in [3.63, 3.8) is 0 Å². The molecule has 166 valence electrons. The van der Waals surface area contributed by atoms with E-state index in [1.165, 1.54) is 6.08 Å². The zero-order chi connectivity index (χ0) is 23.3. The van der Waals surface area contributed by atoms with Gasteiger partial charge in [-0.1, -0.05) is 47.0 Å². The van der Waals surface area contributed by atoms with Gasteiger partial charge in [0.15, 0.2) is 0 Å². The van der Waals surface area contributed by atoms with Crippen LogP contribution in [-0.2, 0) is 9.59 Å². The molecule has 0 bridgehead atoms. The number of imide groups is 1. The molecule has 1 heterocycles. The minimum Gasteiger partial charge on any atom is -0.353 e. The Hall–Kier alpha value is -2.81. The summed E-state index contributed by atoms with van der Waals surface area (Å²) in [5.74, 6) is -1.26. The summed E-state index contributed by atoms with van der Waals surface area (Å²) in [5.41, 5.74) is 2.05. The molecule has 32 heavy (non-hydrogen) atoms. The van der Waals surface area contributed by atoms with E-state index >= 15 is 0 Å². The van der Waals surface area contributed by atoms with Gasteiger partial charge in [-0.2, -0.15) is 0 Å². The number of nitrogens with zero attached hydrogens (tertiary/aromatic N) is 1. The fraction of sp³-hybridized carbons (Fsp3) is 0.182. The standard InChI is InChI=1S/C22H19Cl2N3O4S/c1-13-2-4-14(5-3-13)20(29)26-12-19(28)25-8-9-27-21(30)18(32-22(27)31)10-15-6-7-16(23)11-17(15)24/h2-7,10-11H,8-9,12H2,1H3,(H,25,28)(H,26,29). The molecule has 0 saturated carbocycles. The van der Waals surface area contributed by atoms with Crippen molar-refractivity contribution in [1.29, 1.82) is 0 Å². The van der Waals surface area contributed by atoms with E-state index in [2.05, 4.69) is 10.6 Å². The Morgan fingerprint density at radius 1 is 1.06 bits per heavy atom. The van der Waals surface area contributed by atoms with E-state index in [-0.39, 0.29) is 30.4 Å². The monoisotopic (exact) mass is 491 g/mol. The van der Waals surface area contributed by atoms with Crippen LogP contribution >= 0.6 is 35.0 Å². The van der Waals surface area contributed by atoms with E-state index in [1.54, 1.807) is 42.5 Å². The molecule has 0 atom stereocenters. The highest BCUT2D eigenvalue weighted by Gasteiger charge is 2.34. The topological polar surface area (TPSA) is 95.6 Å². The summed E-state index contributed by atoms with van der Waals surface area (Å²) < 4.78 is 0. The molecule has 2 N–H and O–H groups in total. The van der Waals surface area contributed by atoms with Crippen LogP contribution in [0.4, 0.5) is 4.79 Å². The SMILES string of the molecule is Cc1ccc(C(=O)NCC(=O)NCCN2C(=O)SC(=Cc3ccc(Cl)cc3Cl)C2=O)cc1. The molecule has 0 radical (unpaired) electrons. The summed E-state index contributed by atoms with van der Waals surface area (Å²) in [6.07, 6.45) is 1.53. The minimum atomic E-state index is -0.465. The molecule has 1 saturated heterocycles. The van der Waals surface area contributed by atoms with Gasteiger partial charge in [-0.25, -0.2) is 0 Å². The Balaban J connectivity index is 1.48. The lowest BCUT2D eigenvalue weighted by Gasteiger charge is -2.13. The molecule has 2 aromatic carbocycles. The van der Waals surface area contributed by atoms with E-state index < -0.39 is 17.1 Å². The zero-order valence-electron chi connectivity index (χ0n) is 17.0. The summed E-state index contributed by atoms with van der Waals surface area (Å²) in [6.45, 7) is 1.76. The molecule has 2 aromatic rings. The highest BCUT2D eigenvalue weighted by atomic mass is 35.5. The van der Waals surface area contributed by atoms with E-state index in [4.69, 9.17) is 23.2 Å². The Morgan fingerprint density at radius 2 is 1.78 bits per heavy atom. The van der Waals surface area contributed by atoms with Crippen molar-refractivity contribution < 1.29 is 19.2 Å². The molecule has 3 rings (SSSR count). The second-order valence-electron chi connectivity index (χ2n) is 6.90. The Morgan fingerprint density at radius 3 is 2.47 bits per heavy atom. The molecule has 1 aliphatic rings. The molecule has 0 aliphatic carbocycles. The van der Waals surface area contributed by atoms with Gasteiger partial charge in [-0.3, -0.25) is 24.1 Å². The molecule has 1 aliphatic heterocycles. The van der Waals surface area contributed by atoms with Crippen LogP contribution in [0, 0.1) is 6.92 Å². The van der Waals surface area contributed by atoms with Crippen LogP contribution in [0.25, 0.3) is 6.08 Å². The Kier molecular flexibility index (Phi) is 7.95. The number of carbonyl (C=O) groups excluding carboxylic acids is 4. The van der Waals surface area contributed by atoms with Gasteiger partial charge in [-0.15, -0.1) is 0 Å². The van der Waals surface area contributed by atoms with Gasteiger partial charge >= 0.3 is 0 Å². The first-order valence-corrected chi connectivity index (χ1v) is 11.1. The second kappa shape index (κ2) is 10.7. The van der Waals surface area contributed by atoms with Crippen molar-refractivity contribution in [2.75, 3.05) is 19.6 Å². The first-order valence-electron chi connectivity index (χ1n) is 9.56. The predicted molar refractivity (Wildman–Crippen MR) is 126 cm³/mol. The number of hydrogen-bond acceptors (Lipinski definition) is 5. The number of halogens is 2. The van der Waals surface area contributed by atoms with Crippen molar-refractivity contribution >= 4 is 64.0 Å². The lowest BCUT2D eigenvalue weighted by molar-refractivity contribution is -0.124. The molecule has 10 heteroatoms. The summed E-state index contributed by atoms with van der Waals surface area (Å²) in [5, 5.41) is 5.50. The quantitative estimate of drug-likeness (QED) is 0.572. The van der Waals surface area contributed by atoms with Gasteiger partial charge in [0.25, 0.3) is 17.1 Å². The van der Waals surface area contributed by atoms with Crippen LogP contribution in [0.5, 0.6) is 0 Å². The first-order chi connectivity index (χ1) is 15.2. The van der Waals surface area contributed by atoms with Gasteiger partial charge < -0.3 is 10.6 Å². The molecular weight excluding hydrogens is 473 g/mol. The molecule has 0 spiro atoms. The number of thioether (sulfide) groups is 1. The first kappa shape index (κ1) is 23.8. The van der Waals surface area contributed by atoms with Gasteiger partial charge in [0, 0.05) is 28.7 Å². The van der Waals surface area contributed by atoms with Crippen LogP contribution in [0.3, 0.4) is 0 Å². The number of carbonyl (C=O) groups is 4. The maximum atomic E-state index is 12.5. The van der Waals surface area contributed by atoms with Crippen molar-refractivity contribution in [2.24, 2.45) is 0 Å². The maximum Gasteiger partial charge on any atom is 0.293 e. The average Bonchev–Trinajstić information content (AvgIpc) is 3.02. The third kappa shape index (κ3) is 6.12. The van der Waals surface area contributed by atoms with Crippen LogP contribution in [0.15, 0.2) is 47.4 Å². The van der Waals surface area contributed by atoms with Gasteiger partial charge in [0.05, 0.1) is 11.4 Å². The van der Waals surface area contributed by atoms with Crippen molar-refractivity contribution in [1.82, 2.24) is 15.5 Å². The average molecular weight is 492 g/mol. The number of amides is 4. The van der Waals surface area contributed by atoms with E-state index in [1.807, 2.05) is 6.92 Å². The number of rotatable bonds is 7. The summed E-state index contributed by atoms with van der Waals surface area (Å²) in [6, 6.07) is 11.8. The lowest BCUT2D eigenvalue weighted by atomic mass is 10.1. The van der Waals surface area contributed by atoms with Gasteiger partial charge in [0.2, 0.25) is 5.91 Å². The van der Waals surface area contributed by atoms with Crippen LogP contribution in [-0.4, -0.2) is 47.5 Å². The zero-order valence-corrected chi connectivity index (χ0v) is 19.3. The molecule has 7 nitrogen and oxygen atoms in total. The Bertz CT molecular complexity index is 1100. The van der Waals surface area contributed by atoms with Crippen molar-refractivity contribution in [3.8, 4) is 0 Å². The summed E-state index contributed by atoms with van der Waals surface area (Å²) in [7, 11) is 0. The van der Waals surface area contributed by atoms with Crippen molar-refractivity contribution in [2.45, 2.75) is 6.92 Å². The van der Waals surface area contributed by atoms with E-state index in [0.29, 0.717) is 21.2 Å². The van der Waals surface area contributed by atoms with Gasteiger partial charge in [-0.05, 0) is 54.6 Å². The molecule has 0 aromatic heterocycles. The van der Waals surface area contributed by atoms with E-state index in [9.17, 15) is 19.2 Å². The normalized spacial score (nSPS) is 14.7. The highest BCUT2D eigenvalue weighted by molar-refractivity contribution is 8.18. The maximum absolute atomic E-state index is 12.5. The number of nitrogens with one attached hydrogen (secondary N) is 2. The number of aryl methyl sites for hydroxylation is 1.